The molecule has 2 unspecified atom stereocenters. The summed E-state index contributed by atoms with van der Waals surface area (Å²) in [6.45, 7) is 2.79. The van der Waals surface area contributed by atoms with Crippen LogP contribution in [0.2, 0.25) is 0 Å². The molecule has 102 valence electrons. The lowest BCUT2D eigenvalue weighted by atomic mass is 9.95. The molecule has 4 heteroatoms. The van der Waals surface area contributed by atoms with Crippen molar-refractivity contribution in [2.45, 2.75) is 44.8 Å². The van der Waals surface area contributed by atoms with E-state index in [9.17, 15) is 9.90 Å². The third-order valence-electron chi connectivity index (χ3n) is 3.97. The van der Waals surface area contributed by atoms with Gasteiger partial charge in [-0.15, -0.1) is 0 Å². The monoisotopic (exact) mass is 261 g/mol. The summed E-state index contributed by atoms with van der Waals surface area (Å²) in [7, 11) is 0. The molecule has 2 N–H and O–H groups in total. The third kappa shape index (κ3) is 2.26. The van der Waals surface area contributed by atoms with E-state index in [1.807, 2.05) is 6.07 Å². The average molecular weight is 261 g/mol. The fourth-order valence-electron chi connectivity index (χ4n) is 2.93. The van der Waals surface area contributed by atoms with Gasteiger partial charge < -0.3 is 15.2 Å². The molecule has 0 radical (unpaired) electrons. The number of aliphatic hydroxyl groups is 1. The van der Waals surface area contributed by atoms with Crippen LogP contribution in [0.25, 0.3) is 0 Å². The lowest BCUT2D eigenvalue weighted by Gasteiger charge is -2.21. The van der Waals surface area contributed by atoms with Crippen molar-refractivity contribution in [1.82, 2.24) is 0 Å². The number of nitrogens with one attached hydrogen (secondary N) is 1. The molecule has 2 aliphatic heterocycles. The van der Waals surface area contributed by atoms with Crippen molar-refractivity contribution in [1.29, 1.82) is 0 Å². The molecule has 1 aromatic carbocycles. The summed E-state index contributed by atoms with van der Waals surface area (Å²) in [5.41, 5.74) is 3.76. The Hall–Kier alpha value is -1.39. The van der Waals surface area contributed by atoms with Crippen LogP contribution in [0.4, 0.5) is 5.69 Å². The number of carbonyl (C=O) groups is 1. The normalized spacial score (nSPS) is 23.3. The third-order valence-corrected chi connectivity index (χ3v) is 3.97. The Balaban J connectivity index is 1.99. The van der Waals surface area contributed by atoms with Crippen molar-refractivity contribution in [2.75, 3.05) is 11.9 Å². The first kappa shape index (κ1) is 12.6. The molecule has 2 heterocycles. The van der Waals surface area contributed by atoms with E-state index < -0.39 is 6.10 Å². The minimum atomic E-state index is -0.652. The minimum Gasteiger partial charge on any atom is -0.386 e. The number of amides is 1. The van der Waals surface area contributed by atoms with Crippen molar-refractivity contribution in [3.8, 4) is 0 Å². The Kier molecular flexibility index (Phi) is 3.29. The Labute approximate surface area is 112 Å². The highest BCUT2D eigenvalue weighted by Gasteiger charge is 2.31. The number of aliphatic hydroxyl groups excluding tert-OH is 1. The van der Waals surface area contributed by atoms with Crippen molar-refractivity contribution in [3.05, 3.63) is 28.8 Å². The van der Waals surface area contributed by atoms with Crippen LogP contribution in [0.1, 0.15) is 42.6 Å². The Morgan fingerprint density at radius 3 is 3.05 bits per heavy atom. The van der Waals surface area contributed by atoms with Gasteiger partial charge in [0.05, 0.1) is 18.2 Å². The second kappa shape index (κ2) is 4.94. The van der Waals surface area contributed by atoms with Gasteiger partial charge in [0.2, 0.25) is 5.91 Å². The highest BCUT2D eigenvalue weighted by atomic mass is 16.5. The fourth-order valence-corrected chi connectivity index (χ4v) is 2.93. The van der Waals surface area contributed by atoms with Crippen LogP contribution in [-0.2, 0) is 22.4 Å². The molecule has 2 atom stereocenters. The first-order chi connectivity index (χ1) is 9.19. The lowest BCUT2D eigenvalue weighted by Crippen LogP contribution is -2.19. The molecule has 2 aliphatic rings. The van der Waals surface area contributed by atoms with E-state index >= 15 is 0 Å². The quantitative estimate of drug-likeness (QED) is 0.874. The van der Waals surface area contributed by atoms with Crippen molar-refractivity contribution in [2.24, 2.45) is 0 Å². The van der Waals surface area contributed by atoms with E-state index in [1.165, 1.54) is 0 Å². The Morgan fingerprint density at radius 1 is 1.53 bits per heavy atom. The van der Waals surface area contributed by atoms with Gasteiger partial charge in [-0.3, -0.25) is 4.79 Å². The number of hydrogen-bond donors (Lipinski definition) is 2. The van der Waals surface area contributed by atoms with Gasteiger partial charge in [-0.05, 0) is 30.4 Å². The molecular formula is C15H19NO3. The first-order valence-corrected chi connectivity index (χ1v) is 6.94. The molecule has 1 amide bonds. The predicted molar refractivity (Wildman–Crippen MR) is 72.1 cm³/mol. The van der Waals surface area contributed by atoms with Crippen LogP contribution in [0.5, 0.6) is 0 Å². The van der Waals surface area contributed by atoms with Gasteiger partial charge in [-0.25, -0.2) is 0 Å². The zero-order chi connectivity index (χ0) is 13.4. The highest BCUT2D eigenvalue weighted by Crippen LogP contribution is 2.37. The number of benzene rings is 1. The minimum absolute atomic E-state index is 0.00374. The van der Waals surface area contributed by atoms with E-state index in [0.717, 1.165) is 41.6 Å². The first-order valence-electron chi connectivity index (χ1n) is 6.94. The summed E-state index contributed by atoms with van der Waals surface area (Å²) in [6, 6.07) is 4.05. The van der Waals surface area contributed by atoms with Crippen LogP contribution < -0.4 is 5.32 Å². The smallest absolute Gasteiger partial charge is 0.228 e. The second-order valence-electron chi connectivity index (χ2n) is 5.29. The van der Waals surface area contributed by atoms with Gasteiger partial charge in [0.15, 0.2) is 0 Å². The van der Waals surface area contributed by atoms with Crippen LogP contribution in [0.15, 0.2) is 12.1 Å². The molecule has 1 saturated heterocycles. The second-order valence-corrected chi connectivity index (χ2v) is 5.29. The van der Waals surface area contributed by atoms with Crippen LogP contribution in [-0.4, -0.2) is 23.7 Å². The molecule has 1 aromatic rings. The maximum Gasteiger partial charge on any atom is 0.228 e. The number of hydrogen-bond acceptors (Lipinski definition) is 3. The molecule has 19 heavy (non-hydrogen) atoms. The largest absolute Gasteiger partial charge is 0.386 e. The molecule has 0 bridgehead atoms. The maximum atomic E-state index is 11.6. The number of carbonyl (C=O) groups excluding carboxylic acids is 1. The predicted octanol–water partition coefficient (Wildman–Crippen LogP) is 1.96. The number of aryl methyl sites for hydroxylation is 1. The summed E-state index contributed by atoms with van der Waals surface area (Å²) in [5, 5.41) is 13.4. The van der Waals surface area contributed by atoms with E-state index in [0.29, 0.717) is 13.0 Å². The van der Waals surface area contributed by atoms with Gasteiger partial charge >= 0.3 is 0 Å². The number of anilines is 1. The Bertz CT molecular complexity index is 506. The van der Waals surface area contributed by atoms with Crippen LogP contribution in [0, 0.1) is 0 Å². The van der Waals surface area contributed by atoms with Crippen LogP contribution >= 0.6 is 0 Å². The summed E-state index contributed by atoms with van der Waals surface area (Å²) in [5.74, 6) is 0.00374. The van der Waals surface area contributed by atoms with Crippen molar-refractivity contribution >= 4 is 11.6 Å². The summed E-state index contributed by atoms with van der Waals surface area (Å²) < 4.78 is 5.57. The van der Waals surface area contributed by atoms with E-state index in [-0.39, 0.29) is 12.0 Å². The molecule has 4 nitrogen and oxygen atoms in total. The van der Waals surface area contributed by atoms with Crippen molar-refractivity contribution < 1.29 is 14.6 Å². The Morgan fingerprint density at radius 2 is 2.37 bits per heavy atom. The van der Waals surface area contributed by atoms with E-state index in [1.54, 1.807) is 0 Å². The standard InChI is InChI=1S/C15H19NO3/c1-2-9-6-10-8-13(17)16-14(10)11(7-9)15(18)12-4-3-5-19-12/h6-7,12,15,18H,2-5,8H2,1H3,(H,16,17). The molecule has 3 rings (SSSR count). The SMILES string of the molecule is CCc1cc2c(c(C(O)C3CCCO3)c1)NC(=O)C2. The van der Waals surface area contributed by atoms with Gasteiger partial charge in [-0.2, -0.15) is 0 Å². The average Bonchev–Trinajstić information content (AvgIpc) is 3.04. The zero-order valence-corrected chi connectivity index (χ0v) is 11.1. The topological polar surface area (TPSA) is 58.6 Å². The molecule has 0 aliphatic carbocycles. The van der Waals surface area contributed by atoms with Gasteiger partial charge in [0.25, 0.3) is 0 Å². The molecule has 0 spiro atoms. The van der Waals surface area contributed by atoms with Gasteiger partial charge in [0, 0.05) is 12.2 Å². The maximum absolute atomic E-state index is 11.6. The number of ether oxygens (including phenoxy) is 1. The van der Waals surface area contributed by atoms with E-state index in [4.69, 9.17) is 4.74 Å². The summed E-state index contributed by atoms with van der Waals surface area (Å²) in [4.78, 5) is 11.6. The molecule has 0 aromatic heterocycles. The van der Waals surface area contributed by atoms with Gasteiger partial charge in [0.1, 0.15) is 6.10 Å². The number of fused-ring (bicyclic) bond motifs is 1. The van der Waals surface area contributed by atoms with Crippen molar-refractivity contribution in [3.63, 3.8) is 0 Å². The highest BCUT2D eigenvalue weighted by molar-refractivity contribution is 6.00. The van der Waals surface area contributed by atoms with Crippen LogP contribution in [0.3, 0.4) is 0 Å². The molecule has 1 fully saturated rings. The molecule has 0 saturated carbocycles. The lowest BCUT2D eigenvalue weighted by molar-refractivity contribution is -0.115. The molecular weight excluding hydrogens is 242 g/mol. The number of rotatable bonds is 3. The summed E-state index contributed by atoms with van der Waals surface area (Å²) in [6.07, 6.45) is 2.38. The fraction of sp³-hybridized carbons (Fsp3) is 0.533. The summed E-state index contributed by atoms with van der Waals surface area (Å²) >= 11 is 0. The van der Waals surface area contributed by atoms with E-state index in [2.05, 4.69) is 18.3 Å². The zero-order valence-electron chi connectivity index (χ0n) is 11.1. The van der Waals surface area contributed by atoms with Gasteiger partial charge in [-0.1, -0.05) is 19.1 Å².